The van der Waals surface area contributed by atoms with E-state index in [2.05, 4.69) is 0 Å². The molecule has 4 rings (SSSR count). The van der Waals surface area contributed by atoms with Gasteiger partial charge in [-0.05, 0) is 48.6 Å². The molecule has 0 amide bonds. The van der Waals surface area contributed by atoms with E-state index in [4.69, 9.17) is 9.72 Å². The Labute approximate surface area is 170 Å². The molecular weight excluding hydrogens is 399 g/mol. The SMILES string of the molecule is COC(=O)c1ccc(-c2nc(Cc3ccc(C(F)(F)F)cc3)sc2C2CC2)cc1. The van der Waals surface area contributed by atoms with Crippen LogP contribution in [0.15, 0.2) is 48.5 Å². The Balaban J connectivity index is 1.59. The molecule has 1 aromatic heterocycles. The molecule has 1 fully saturated rings. The summed E-state index contributed by atoms with van der Waals surface area (Å²) in [6.07, 6.45) is -1.60. The third-order valence-electron chi connectivity index (χ3n) is 4.86. The summed E-state index contributed by atoms with van der Waals surface area (Å²) < 4.78 is 43.0. The summed E-state index contributed by atoms with van der Waals surface area (Å²) >= 11 is 1.62. The van der Waals surface area contributed by atoms with Crippen molar-refractivity contribution in [2.45, 2.75) is 31.4 Å². The Hall–Kier alpha value is -2.67. The second-order valence-electron chi connectivity index (χ2n) is 7.04. The Bertz CT molecular complexity index is 1020. The quantitative estimate of drug-likeness (QED) is 0.472. The van der Waals surface area contributed by atoms with Gasteiger partial charge < -0.3 is 4.74 Å². The van der Waals surface area contributed by atoms with Gasteiger partial charge in [-0.3, -0.25) is 0 Å². The summed E-state index contributed by atoms with van der Waals surface area (Å²) in [5.41, 5.74) is 2.45. The molecule has 0 bridgehead atoms. The molecule has 0 N–H and O–H groups in total. The molecule has 0 spiro atoms. The number of carbonyl (C=O) groups excluding carboxylic acids is 1. The van der Waals surface area contributed by atoms with Gasteiger partial charge in [-0.1, -0.05) is 24.3 Å². The van der Waals surface area contributed by atoms with Gasteiger partial charge in [0.05, 0.1) is 28.9 Å². The van der Waals surface area contributed by atoms with Crippen molar-refractivity contribution >= 4 is 17.3 Å². The highest BCUT2D eigenvalue weighted by molar-refractivity contribution is 7.12. The van der Waals surface area contributed by atoms with Crippen LogP contribution in [0.5, 0.6) is 0 Å². The number of ether oxygens (including phenoxy) is 1. The zero-order valence-electron chi connectivity index (χ0n) is 15.6. The number of halogens is 3. The van der Waals surface area contributed by atoms with Crippen molar-refractivity contribution in [1.82, 2.24) is 4.98 Å². The van der Waals surface area contributed by atoms with Crippen LogP contribution in [0.4, 0.5) is 13.2 Å². The van der Waals surface area contributed by atoms with Crippen molar-refractivity contribution in [3.8, 4) is 11.3 Å². The van der Waals surface area contributed by atoms with Crippen molar-refractivity contribution in [3.63, 3.8) is 0 Å². The molecule has 0 radical (unpaired) electrons. The minimum Gasteiger partial charge on any atom is -0.465 e. The van der Waals surface area contributed by atoms with Gasteiger partial charge in [0.1, 0.15) is 0 Å². The fourth-order valence-electron chi connectivity index (χ4n) is 3.15. The van der Waals surface area contributed by atoms with Gasteiger partial charge in [0, 0.05) is 16.9 Å². The summed E-state index contributed by atoms with van der Waals surface area (Å²) in [5.74, 6) is 0.101. The molecule has 0 unspecified atom stereocenters. The number of esters is 1. The Morgan fingerprint density at radius 1 is 1.10 bits per heavy atom. The lowest BCUT2D eigenvalue weighted by Gasteiger charge is -2.06. The molecule has 3 aromatic rings. The first kappa shape index (κ1) is 19.6. The average Bonchev–Trinajstić information content (AvgIpc) is 3.47. The summed E-state index contributed by atoms with van der Waals surface area (Å²) in [6.45, 7) is 0. The number of alkyl halides is 3. The zero-order chi connectivity index (χ0) is 20.6. The number of methoxy groups -OCH3 is 1. The van der Waals surface area contributed by atoms with Crippen molar-refractivity contribution in [3.05, 3.63) is 75.1 Å². The van der Waals surface area contributed by atoms with E-state index in [1.807, 2.05) is 12.1 Å². The van der Waals surface area contributed by atoms with E-state index in [1.54, 1.807) is 23.5 Å². The minimum absolute atomic E-state index is 0.389. The largest absolute Gasteiger partial charge is 0.465 e. The number of rotatable bonds is 5. The van der Waals surface area contributed by atoms with E-state index in [0.29, 0.717) is 17.9 Å². The number of benzene rings is 2. The van der Waals surface area contributed by atoms with Crippen LogP contribution in [-0.4, -0.2) is 18.1 Å². The maximum Gasteiger partial charge on any atom is 0.416 e. The molecule has 0 atom stereocenters. The first-order chi connectivity index (χ1) is 13.8. The fourth-order valence-corrected chi connectivity index (χ4v) is 4.44. The highest BCUT2D eigenvalue weighted by Crippen LogP contribution is 2.47. The minimum atomic E-state index is -4.33. The molecule has 1 saturated carbocycles. The van der Waals surface area contributed by atoms with Crippen LogP contribution in [0.25, 0.3) is 11.3 Å². The number of nitrogens with zero attached hydrogens (tertiary/aromatic N) is 1. The maximum absolute atomic E-state index is 12.7. The molecule has 1 aliphatic rings. The van der Waals surface area contributed by atoms with Crippen LogP contribution >= 0.6 is 11.3 Å². The van der Waals surface area contributed by atoms with Crippen LogP contribution in [-0.2, 0) is 17.3 Å². The highest BCUT2D eigenvalue weighted by atomic mass is 32.1. The molecule has 1 heterocycles. The number of aromatic nitrogens is 1. The molecule has 0 saturated heterocycles. The van der Waals surface area contributed by atoms with Gasteiger partial charge in [0.15, 0.2) is 0 Å². The van der Waals surface area contributed by atoms with E-state index in [0.717, 1.165) is 46.8 Å². The van der Waals surface area contributed by atoms with Gasteiger partial charge in [-0.2, -0.15) is 13.2 Å². The number of thiazole rings is 1. The molecule has 3 nitrogen and oxygen atoms in total. The maximum atomic E-state index is 12.7. The summed E-state index contributed by atoms with van der Waals surface area (Å²) in [5, 5.41) is 0.874. The average molecular weight is 417 g/mol. The lowest BCUT2D eigenvalue weighted by molar-refractivity contribution is -0.137. The van der Waals surface area contributed by atoms with Crippen LogP contribution < -0.4 is 0 Å². The molecule has 1 aliphatic carbocycles. The number of carbonyl (C=O) groups is 1. The standard InChI is InChI=1S/C22H18F3NO2S/c1-28-21(27)16-8-4-14(5-9-16)19-20(15-6-7-15)29-18(26-19)12-13-2-10-17(11-3-13)22(23,24)25/h2-5,8-11,15H,6-7,12H2,1H3. The first-order valence-electron chi connectivity index (χ1n) is 9.19. The molecule has 150 valence electrons. The smallest absolute Gasteiger partial charge is 0.416 e. The van der Waals surface area contributed by atoms with E-state index < -0.39 is 11.7 Å². The predicted molar refractivity (Wildman–Crippen MR) is 105 cm³/mol. The van der Waals surface area contributed by atoms with Crippen LogP contribution in [0.2, 0.25) is 0 Å². The van der Waals surface area contributed by atoms with Gasteiger partial charge in [-0.15, -0.1) is 11.3 Å². The zero-order valence-corrected chi connectivity index (χ0v) is 16.4. The third kappa shape index (κ3) is 4.34. The van der Waals surface area contributed by atoms with E-state index in [9.17, 15) is 18.0 Å². The van der Waals surface area contributed by atoms with Crippen LogP contribution in [0.1, 0.15) is 50.1 Å². The second-order valence-corrected chi connectivity index (χ2v) is 8.15. The lowest BCUT2D eigenvalue weighted by Crippen LogP contribution is -2.04. The molecule has 2 aromatic carbocycles. The fraction of sp³-hybridized carbons (Fsp3) is 0.273. The van der Waals surface area contributed by atoms with E-state index >= 15 is 0 Å². The Morgan fingerprint density at radius 2 is 1.76 bits per heavy atom. The van der Waals surface area contributed by atoms with E-state index in [1.165, 1.54) is 24.1 Å². The summed E-state index contributed by atoms with van der Waals surface area (Å²) in [7, 11) is 1.34. The van der Waals surface area contributed by atoms with Gasteiger partial charge >= 0.3 is 12.1 Å². The number of hydrogen-bond donors (Lipinski definition) is 0. The monoisotopic (exact) mass is 417 g/mol. The van der Waals surface area contributed by atoms with Gasteiger partial charge in [0.2, 0.25) is 0 Å². The van der Waals surface area contributed by atoms with Crippen LogP contribution in [0, 0.1) is 0 Å². The second kappa shape index (κ2) is 7.63. The van der Waals surface area contributed by atoms with Gasteiger partial charge in [0.25, 0.3) is 0 Å². The lowest BCUT2D eigenvalue weighted by atomic mass is 10.1. The van der Waals surface area contributed by atoms with Gasteiger partial charge in [-0.25, -0.2) is 9.78 Å². The normalized spacial score (nSPS) is 14.1. The topological polar surface area (TPSA) is 39.2 Å². The van der Waals surface area contributed by atoms with Crippen molar-refractivity contribution < 1.29 is 22.7 Å². The summed E-state index contributed by atoms with van der Waals surface area (Å²) in [4.78, 5) is 17.6. The van der Waals surface area contributed by atoms with E-state index in [-0.39, 0.29) is 5.97 Å². The molecule has 7 heteroatoms. The molecule has 29 heavy (non-hydrogen) atoms. The number of hydrogen-bond acceptors (Lipinski definition) is 4. The highest BCUT2D eigenvalue weighted by Gasteiger charge is 2.31. The predicted octanol–water partition coefficient (Wildman–Crippen LogP) is 6.08. The van der Waals surface area contributed by atoms with Crippen molar-refractivity contribution in [1.29, 1.82) is 0 Å². The Kier molecular flexibility index (Phi) is 5.17. The Morgan fingerprint density at radius 3 is 2.31 bits per heavy atom. The molecule has 0 aliphatic heterocycles. The molecular formula is C22H18F3NO2S. The van der Waals surface area contributed by atoms with Crippen molar-refractivity contribution in [2.24, 2.45) is 0 Å². The first-order valence-corrected chi connectivity index (χ1v) is 10.0. The third-order valence-corrected chi connectivity index (χ3v) is 6.08. The van der Waals surface area contributed by atoms with Crippen molar-refractivity contribution in [2.75, 3.05) is 7.11 Å². The summed E-state index contributed by atoms with van der Waals surface area (Å²) in [6, 6.07) is 12.4. The van der Waals surface area contributed by atoms with Crippen LogP contribution in [0.3, 0.4) is 0 Å².